The first-order valence-electron chi connectivity index (χ1n) is 21.3. The minimum absolute atomic E-state index is 0.00380. The van der Waals surface area contributed by atoms with E-state index in [4.69, 9.17) is 23.7 Å². The summed E-state index contributed by atoms with van der Waals surface area (Å²) >= 11 is 0. The van der Waals surface area contributed by atoms with Gasteiger partial charge in [-0.05, 0) is 83.5 Å². The van der Waals surface area contributed by atoms with E-state index >= 15 is 0 Å². The molecule has 61 heavy (non-hydrogen) atoms. The van der Waals surface area contributed by atoms with Crippen molar-refractivity contribution in [3.05, 3.63) is 54.1 Å². The Morgan fingerprint density at radius 3 is 2.23 bits per heavy atom. The number of ketones is 2. The molecule has 2 amide bonds. The second kappa shape index (κ2) is 21.2. The Bertz CT molecular complexity index is 1880. The average molecular weight is 854 g/mol. The summed E-state index contributed by atoms with van der Waals surface area (Å²) in [4.78, 5) is 70.3. The zero-order valence-corrected chi connectivity index (χ0v) is 37.5. The monoisotopic (exact) mass is 853 g/mol. The fraction of sp³-hybridized carbons (Fsp3) is 0.630. The molecule has 15 nitrogen and oxygen atoms in total. The van der Waals surface area contributed by atoms with Crippen LogP contribution in [0.3, 0.4) is 0 Å². The van der Waals surface area contributed by atoms with Crippen LogP contribution in [-0.4, -0.2) is 133 Å². The smallest absolute Gasteiger partial charge is 0.407 e. The second-order valence-corrected chi connectivity index (χ2v) is 17.4. The molecular weight excluding hydrogens is 787 g/mol. The lowest BCUT2D eigenvalue weighted by molar-refractivity contribution is -0.295. The number of cyclic esters (lactones) is 1. The number of methoxy groups -OCH3 is 1. The Morgan fingerprint density at radius 2 is 1.57 bits per heavy atom. The van der Waals surface area contributed by atoms with E-state index in [-0.39, 0.29) is 44.0 Å². The number of ether oxygens (including phenoxy) is 5. The van der Waals surface area contributed by atoms with Crippen LogP contribution >= 0.6 is 0 Å². The molecule has 2 aromatic carbocycles. The Labute approximate surface area is 359 Å². The van der Waals surface area contributed by atoms with Gasteiger partial charge in [-0.3, -0.25) is 19.2 Å². The lowest BCUT2D eigenvalue weighted by atomic mass is 9.74. The molecule has 13 atom stereocenters. The van der Waals surface area contributed by atoms with Gasteiger partial charge in [0.25, 0.3) is 0 Å². The number of aliphatic hydroxyl groups is 2. The van der Waals surface area contributed by atoms with E-state index in [2.05, 4.69) is 10.6 Å². The highest BCUT2D eigenvalue weighted by Gasteiger charge is 2.53. The number of Topliss-reactive ketones (excluding diaryl/α,β-unsaturated/α-hetero) is 2. The van der Waals surface area contributed by atoms with Crippen LogP contribution < -0.4 is 10.6 Å². The number of nitrogens with one attached hydrogen (secondary N) is 2. The molecule has 2 fully saturated rings. The third kappa shape index (κ3) is 11.8. The number of benzene rings is 2. The largest absolute Gasteiger partial charge is 0.459 e. The molecule has 0 aliphatic carbocycles. The van der Waals surface area contributed by atoms with E-state index in [1.165, 1.54) is 34.0 Å². The van der Waals surface area contributed by atoms with Crippen molar-refractivity contribution in [2.75, 3.05) is 34.3 Å². The number of carbonyl (C=O) groups is 5. The maximum Gasteiger partial charge on any atom is 0.407 e. The molecule has 15 heteroatoms. The Balaban J connectivity index is 1.55. The fourth-order valence-electron chi connectivity index (χ4n) is 8.77. The van der Waals surface area contributed by atoms with E-state index in [9.17, 15) is 34.2 Å². The van der Waals surface area contributed by atoms with Gasteiger partial charge in [0.05, 0.1) is 23.7 Å². The van der Waals surface area contributed by atoms with Gasteiger partial charge in [-0.1, -0.05) is 70.2 Å². The first-order valence-corrected chi connectivity index (χ1v) is 21.3. The molecule has 2 aromatic rings. The number of hydrogen-bond acceptors (Lipinski definition) is 13. The first kappa shape index (κ1) is 49.4. The standard InChI is InChI=1S/C46H67N3O12/c1-12-35-46(8,56)41(61-44(55)48-23-22-47-36(50)21-20-32-18-15-17-31-16-13-14-19-33(31)32)28(4)37(51)26(2)25-45(7,57-11)40(29(5)38(52)30(6)42(54)59-35)60-43-39(53)34(49(9)10)24-27(3)58-43/h13-21,26-30,34-35,39-41,43,53,56H,12,22-25H2,1-11H3,(H,47,50)(H,48,55)/b21-20+/t26-,27-,28+,29+,30-,34+,35-,39-,40-,41-,43+,45-,46-/m1/s1. The van der Waals surface area contributed by atoms with Crippen molar-refractivity contribution in [1.29, 1.82) is 0 Å². The first-order chi connectivity index (χ1) is 28.7. The average Bonchev–Trinajstić information content (AvgIpc) is 3.23. The number of esters is 1. The highest BCUT2D eigenvalue weighted by Crippen LogP contribution is 2.39. The molecule has 0 aromatic heterocycles. The van der Waals surface area contributed by atoms with Crippen LogP contribution in [0.25, 0.3) is 16.8 Å². The molecule has 2 heterocycles. The van der Waals surface area contributed by atoms with Crippen molar-refractivity contribution in [3.8, 4) is 0 Å². The van der Waals surface area contributed by atoms with Gasteiger partial charge in [-0.25, -0.2) is 4.79 Å². The summed E-state index contributed by atoms with van der Waals surface area (Å²) in [6.45, 7) is 12.7. The normalized spacial score (nSPS) is 34.5. The van der Waals surface area contributed by atoms with Crippen molar-refractivity contribution in [3.63, 3.8) is 0 Å². The zero-order chi connectivity index (χ0) is 45.4. The van der Waals surface area contributed by atoms with Gasteiger partial charge in [0.2, 0.25) is 5.91 Å². The quantitative estimate of drug-likeness (QED) is 0.107. The summed E-state index contributed by atoms with van der Waals surface area (Å²) in [7, 11) is 5.11. The van der Waals surface area contributed by atoms with Gasteiger partial charge in [-0.15, -0.1) is 0 Å². The molecule has 0 saturated carbocycles. The Hall–Kier alpha value is -4.25. The number of rotatable bonds is 11. The number of nitrogens with zero attached hydrogens (tertiary/aromatic N) is 1. The molecular formula is C46H67N3O12. The van der Waals surface area contributed by atoms with E-state index in [0.717, 1.165) is 16.3 Å². The Kier molecular flexibility index (Phi) is 17.2. The van der Waals surface area contributed by atoms with Crippen LogP contribution in [0.4, 0.5) is 4.79 Å². The molecule has 0 unspecified atom stereocenters. The number of amides is 2. The molecule has 2 saturated heterocycles. The molecule has 0 radical (unpaired) electrons. The molecule has 0 bridgehead atoms. The van der Waals surface area contributed by atoms with Gasteiger partial charge < -0.3 is 49.4 Å². The third-order valence-corrected chi connectivity index (χ3v) is 12.4. The summed E-state index contributed by atoms with van der Waals surface area (Å²) in [5.41, 5.74) is -2.61. The van der Waals surface area contributed by atoms with Gasteiger partial charge in [0.15, 0.2) is 12.1 Å². The highest BCUT2D eigenvalue weighted by molar-refractivity contribution is 6.00. The van der Waals surface area contributed by atoms with Crippen LogP contribution in [0.2, 0.25) is 0 Å². The third-order valence-electron chi connectivity index (χ3n) is 12.4. The molecule has 4 rings (SSSR count). The van der Waals surface area contributed by atoms with Crippen LogP contribution in [0.5, 0.6) is 0 Å². The maximum atomic E-state index is 14.4. The molecule has 338 valence electrons. The predicted octanol–water partition coefficient (Wildman–Crippen LogP) is 4.44. The minimum atomic E-state index is -2.11. The summed E-state index contributed by atoms with van der Waals surface area (Å²) < 4.78 is 30.4. The van der Waals surface area contributed by atoms with Crippen molar-refractivity contribution in [2.24, 2.45) is 23.7 Å². The summed E-state index contributed by atoms with van der Waals surface area (Å²) in [5, 5.41) is 30.8. The highest BCUT2D eigenvalue weighted by atomic mass is 16.7. The lowest BCUT2D eigenvalue weighted by Crippen LogP contribution is -2.60. The minimum Gasteiger partial charge on any atom is -0.459 e. The SMILES string of the molecule is CC[C@H]1OC(=O)[C@H](C)C(=O)[C@H](C)[C@@H](O[C@@H]2O[C@H](C)C[C@H](N(C)C)[C@H]2O)[C@](C)(OC)C[C@@H](C)C(=O)[C@H](C)[C@@H](OC(=O)NCCNC(=O)/C=C/c2cccc3ccccc23)[C@]1(C)O. The topological polar surface area (TPSA) is 199 Å². The van der Waals surface area contributed by atoms with Crippen molar-refractivity contribution < 1.29 is 57.9 Å². The lowest BCUT2D eigenvalue weighted by Gasteiger charge is -2.47. The molecule has 2 aliphatic rings. The van der Waals surface area contributed by atoms with Crippen LogP contribution in [0.15, 0.2) is 48.5 Å². The fourth-order valence-corrected chi connectivity index (χ4v) is 8.77. The predicted molar refractivity (Wildman–Crippen MR) is 229 cm³/mol. The number of likely N-dealkylation sites (N-methyl/N-ethyl adjacent to an activating group) is 1. The second-order valence-electron chi connectivity index (χ2n) is 17.4. The van der Waals surface area contributed by atoms with Gasteiger partial charge in [0, 0.05) is 44.2 Å². The van der Waals surface area contributed by atoms with Crippen molar-refractivity contribution >= 4 is 46.4 Å². The molecule has 2 aliphatic heterocycles. The van der Waals surface area contributed by atoms with Crippen LogP contribution in [0, 0.1) is 23.7 Å². The van der Waals surface area contributed by atoms with E-state index in [1.54, 1.807) is 33.8 Å². The maximum absolute atomic E-state index is 14.4. The number of fused-ring (bicyclic) bond motifs is 1. The van der Waals surface area contributed by atoms with Gasteiger partial charge in [0.1, 0.15) is 35.6 Å². The van der Waals surface area contributed by atoms with Crippen molar-refractivity contribution in [2.45, 2.75) is 129 Å². The zero-order valence-electron chi connectivity index (χ0n) is 37.5. The van der Waals surface area contributed by atoms with Crippen LogP contribution in [0.1, 0.15) is 80.2 Å². The van der Waals surface area contributed by atoms with E-state index in [1.807, 2.05) is 68.4 Å². The molecule has 4 N–H and O–H groups in total. The summed E-state index contributed by atoms with van der Waals surface area (Å²) in [6.07, 6.45) is -3.85. The number of hydrogen-bond donors (Lipinski definition) is 4. The van der Waals surface area contributed by atoms with Gasteiger partial charge >= 0.3 is 12.1 Å². The van der Waals surface area contributed by atoms with Gasteiger partial charge in [-0.2, -0.15) is 0 Å². The van der Waals surface area contributed by atoms with E-state index in [0.29, 0.717) is 6.42 Å². The van der Waals surface area contributed by atoms with Crippen LogP contribution in [-0.2, 0) is 42.9 Å². The molecule has 0 spiro atoms. The Morgan fingerprint density at radius 1 is 0.934 bits per heavy atom. The van der Waals surface area contributed by atoms with E-state index < -0.39 is 89.2 Å². The van der Waals surface area contributed by atoms with Crippen molar-refractivity contribution in [1.82, 2.24) is 15.5 Å². The number of aliphatic hydroxyl groups excluding tert-OH is 1. The number of carbonyl (C=O) groups excluding carboxylic acids is 5. The summed E-state index contributed by atoms with van der Waals surface area (Å²) in [6, 6.07) is 13.3. The number of alkyl carbamates (subject to hydrolysis) is 1. The summed E-state index contributed by atoms with van der Waals surface area (Å²) in [5.74, 6) is -6.60.